The molecule has 4 heteroatoms. The van der Waals surface area contributed by atoms with Gasteiger partial charge in [0.05, 0.1) is 11.6 Å². The van der Waals surface area contributed by atoms with E-state index in [9.17, 15) is 5.26 Å². The van der Waals surface area contributed by atoms with Crippen molar-refractivity contribution in [2.45, 2.75) is 6.92 Å². The molecule has 0 spiro atoms. The van der Waals surface area contributed by atoms with Crippen molar-refractivity contribution in [3.05, 3.63) is 41.2 Å². The number of allylic oxidation sites excluding steroid dienone is 1. The molecule has 1 aromatic heterocycles. The van der Waals surface area contributed by atoms with E-state index < -0.39 is 0 Å². The van der Waals surface area contributed by atoms with Gasteiger partial charge in [-0.3, -0.25) is 0 Å². The zero-order chi connectivity index (χ0) is 14.0. The van der Waals surface area contributed by atoms with Gasteiger partial charge >= 0.3 is 0 Å². The van der Waals surface area contributed by atoms with Crippen LogP contribution in [0.15, 0.2) is 24.4 Å². The van der Waals surface area contributed by atoms with Gasteiger partial charge in [-0.1, -0.05) is 0 Å². The molecule has 0 unspecified atom stereocenters. The summed E-state index contributed by atoms with van der Waals surface area (Å²) in [4.78, 5) is 0. The van der Waals surface area contributed by atoms with E-state index in [-0.39, 0.29) is 0 Å². The molecule has 2 rings (SSSR count). The molecule has 0 radical (unpaired) electrons. The maximum atomic E-state index is 9.31. The molecule has 0 atom stereocenters. The Balaban J connectivity index is 2.78. The highest BCUT2D eigenvalue weighted by Gasteiger charge is 2.11. The third-order valence-electron chi connectivity index (χ3n) is 3.31. The van der Waals surface area contributed by atoms with Crippen LogP contribution in [-0.4, -0.2) is 17.8 Å². The largest absolute Gasteiger partial charge is 0.393 e. The first-order valence-electron chi connectivity index (χ1n) is 6.00. The monoisotopic (exact) mass is 252 g/mol. The van der Waals surface area contributed by atoms with Crippen LogP contribution in [0.5, 0.6) is 0 Å². The summed E-state index contributed by atoms with van der Waals surface area (Å²) in [6.45, 7) is 2.03. The summed E-state index contributed by atoms with van der Waals surface area (Å²) in [5, 5.41) is 20.8. The van der Waals surface area contributed by atoms with E-state index in [4.69, 9.17) is 5.41 Å². The molecule has 4 nitrogen and oxygen atoms in total. The second-order valence-electron chi connectivity index (χ2n) is 4.45. The zero-order valence-electron chi connectivity index (χ0n) is 11.3. The highest BCUT2D eigenvalue weighted by Crippen LogP contribution is 2.26. The van der Waals surface area contributed by atoms with Gasteiger partial charge in [0.25, 0.3) is 0 Å². The second-order valence-corrected chi connectivity index (χ2v) is 4.45. The molecule has 1 aromatic carbocycles. The molecule has 0 saturated heterocycles. The lowest BCUT2D eigenvalue weighted by atomic mass is 9.99. The van der Waals surface area contributed by atoms with E-state index in [1.807, 2.05) is 26.1 Å². The van der Waals surface area contributed by atoms with Gasteiger partial charge in [0.2, 0.25) is 0 Å². The smallest absolute Gasteiger partial charge is 0.0998 e. The van der Waals surface area contributed by atoms with Gasteiger partial charge in [0.1, 0.15) is 0 Å². The number of hydrogen-bond donors (Lipinski definition) is 2. The van der Waals surface area contributed by atoms with Gasteiger partial charge in [-0.05, 0) is 25.1 Å². The minimum Gasteiger partial charge on any atom is -0.393 e. The van der Waals surface area contributed by atoms with Gasteiger partial charge in [0, 0.05) is 54.2 Å². The molecule has 0 aliphatic carbocycles. The third kappa shape index (κ3) is 2.11. The first-order chi connectivity index (χ1) is 9.12. The number of benzene rings is 1. The van der Waals surface area contributed by atoms with Gasteiger partial charge in [-0.25, -0.2) is 0 Å². The highest BCUT2D eigenvalue weighted by atomic mass is 14.9. The predicted octanol–water partition coefficient (Wildman–Crippen LogP) is 2.57. The van der Waals surface area contributed by atoms with Crippen molar-refractivity contribution in [2.24, 2.45) is 7.05 Å². The molecular formula is C15H16N4. The molecular weight excluding hydrogens is 236 g/mol. The Morgan fingerprint density at radius 1 is 1.42 bits per heavy atom. The molecule has 96 valence electrons. The van der Waals surface area contributed by atoms with Gasteiger partial charge in [0.15, 0.2) is 0 Å². The maximum absolute atomic E-state index is 9.31. The van der Waals surface area contributed by atoms with Crippen LogP contribution >= 0.6 is 0 Å². The zero-order valence-corrected chi connectivity index (χ0v) is 11.3. The summed E-state index contributed by atoms with van der Waals surface area (Å²) in [6.07, 6.45) is 2.99. The van der Waals surface area contributed by atoms with Gasteiger partial charge in [-0.2, -0.15) is 5.26 Å². The topological polar surface area (TPSA) is 64.6 Å². The van der Waals surface area contributed by atoms with E-state index in [0.717, 1.165) is 22.2 Å². The molecule has 1 heterocycles. The predicted molar refractivity (Wildman–Crippen MR) is 78.2 cm³/mol. The van der Waals surface area contributed by atoms with Crippen LogP contribution in [0.2, 0.25) is 0 Å². The standard InChI is InChI=1S/C15H16N4/c1-10-4-11-5-14(13(8-17)9-18-2)12(7-16)6-15(11)19(10)3/h4-6,8-9,17-18H,1-3H3/b13-9+,17-8?. The molecule has 0 aliphatic heterocycles. The van der Waals surface area contributed by atoms with Gasteiger partial charge in [-0.15, -0.1) is 0 Å². The van der Waals surface area contributed by atoms with Crippen molar-refractivity contribution in [1.82, 2.24) is 9.88 Å². The van der Waals surface area contributed by atoms with Crippen LogP contribution in [0.25, 0.3) is 16.5 Å². The number of nitrogens with one attached hydrogen (secondary N) is 2. The first kappa shape index (κ1) is 12.9. The number of nitriles is 1. The Hall–Kier alpha value is -2.54. The summed E-state index contributed by atoms with van der Waals surface area (Å²) in [6, 6.07) is 8.14. The molecule has 0 amide bonds. The summed E-state index contributed by atoms with van der Waals surface area (Å²) in [5.74, 6) is 0. The summed E-state index contributed by atoms with van der Waals surface area (Å²) in [7, 11) is 3.76. The van der Waals surface area contributed by atoms with Crippen molar-refractivity contribution in [3.8, 4) is 6.07 Å². The van der Waals surface area contributed by atoms with Gasteiger partial charge < -0.3 is 15.3 Å². The molecule has 0 bridgehead atoms. The summed E-state index contributed by atoms with van der Waals surface area (Å²) < 4.78 is 2.06. The first-order valence-corrected chi connectivity index (χ1v) is 6.00. The lowest BCUT2D eigenvalue weighted by Gasteiger charge is -2.06. The van der Waals surface area contributed by atoms with Crippen LogP contribution in [0, 0.1) is 23.7 Å². The summed E-state index contributed by atoms with van der Waals surface area (Å²) >= 11 is 0. The molecule has 0 aliphatic rings. The van der Waals surface area contributed by atoms with Crippen molar-refractivity contribution in [3.63, 3.8) is 0 Å². The second kappa shape index (κ2) is 4.99. The minimum absolute atomic E-state index is 0.582. The summed E-state index contributed by atoms with van der Waals surface area (Å²) in [5.41, 5.74) is 4.24. The maximum Gasteiger partial charge on any atom is 0.0998 e. The van der Waals surface area contributed by atoms with Crippen molar-refractivity contribution in [2.75, 3.05) is 7.05 Å². The fourth-order valence-corrected chi connectivity index (χ4v) is 2.21. The van der Waals surface area contributed by atoms with E-state index in [2.05, 4.69) is 22.0 Å². The molecule has 2 aromatic rings. The Morgan fingerprint density at radius 3 is 2.74 bits per heavy atom. The van der Waals surface area contributed by atoms with Crippen molar-refractivity contribution >= 4 is 22.7 Å². The quantitative estimate of drug-likeness (QED) is 0.824. The number of rotatable bonds is 3. The Kier molecular flexibility index (Phi) is 3.39. The lowest BCUT2D eigenvalue weighted by molar-refractivity contribution is 0.918. The SMILES string of the molecule is CN/C=C(\C=N)c1cc2cc(C)n(C)c2cc1C#N. The van der Waals surface area contributed by atoms with Crippen molar-refractivity contribution < 1.29 is 0 Å². The molecule has 19 heavy (non-hydrogen) atoms. The average molecular weight is 252 g/mol. The molecule has 2 N–H and O–H groups in total. The van der Waals surface area contributed by atoms with E-state index >= 15 is 0 Å². The Labute approximate surface area is 112 Å². The fraction of sp³-hybridized carbons (Fsp3) is 0.200. The van der Waals surface area contributed by atoms with E-state index in [0.29, 0.717) is 11.1 Å². The van der Waals surface area contributed by atoms with E-state index in [1.54, 1.807) is 13.2 Å². The van der Waals surface area contributed by atoms with Crippen molar-refractivity contribution in [1.29, 1.82) is 10.7 Å². The third-order valence-corrected chi connectivity index (χ3v) is 3.31. The van der Waals surface area contributed by atoms with Crippen LogP contribution < -0.4 is 5.32 Å². The average Bonchev–Trinajstić information content (AvgIpc) is 2.70. The number of nitrogens with zero attached hydrogens (tertiary/aromatic N) is 2. The number of hydrogen-bond acceptors (Lipinski definition) is 3. The Morgan fingerprint density at radius 2 is 2.16 bits per heavy atom. The van der Waals surface area contributed by atoms with E-state index in [1.165, 1.54) is 6.21 Å². The van der Waals surface area contributed by atoms with Crippen LogP contribution in [-0.2, 0) is 7.05 Å². The minimum atomic E-state index is 0.582. The lowest BCUT2D eigenvalue weighted by Crippen LogP contribution is -1.99. The molecule has 0 fully saturated rings. The Bertz CT molecular complexity index is 714. The number of fused-ring (bicyclic) bond motifs is 1. The molecule has 0 saturated carbocycles. The normalized spacial score (nSPS) is 11.4. The number of aryl methyl sites for hydroxylation is 2. The van der Waals surface area contributed by atoms with Crippen LogP contribution in [0.1, 0.15) is 16.8 Å². The van der Waals surface area contributed by atoms with Crippen LogP contribution in [0.3, 0.4) is 0 Å². The number of aromatic nitrogens is 1. The van der Waals surface area contributed by atoms with Crippen LogP contribution in [0.4, 0.5) is 0 Å². The fourth-order valence-electron chi connectivity index (χ4n) is 2.21. The highest BCUT2D eigenvalue weighted by molar-refractivity contribution is 6.10.